The van der Waals surface area contributed by atoms with Crippen LogP contribution in [0.2, 0.25) is 0 Å². The van der Waals surface area contributed by atoms with Crippen molar-refractivity contribution < 1.29 is 0 Å². The Labute approximate surface area is 119 Å². The van der Waals surface area contributed by atoms with Gasteiger partial charge in [0, 0.05) is 36.1 Å². The summed E-state index contributed by atoms with van der Waals surface area (Å²) in [7, 11) is 0. The number of fused-ring (bicyclic) bond motifs is 2. The molecule has 98 valence electrons. The van der Waals surface area contributed by atoms with Crippen molar-refractivity contribution in [1.29, 1.82) is 0 Å². The smallest absolute Gasteiger partial charge is 0.163 e. The van der Waals surface area contributed by atoms with Gasteiger partial charge >= 0.3 is 0 Å². The van der Waals surface area contributed by atoms with E-state index in [1.54, 1.807) is 30.4 Å². The Morgan fingerprint density at radius 1 is 1.05 bits per heavy atom. The molecule has 1 aromatic carbocycles. The molecule has 4 rings (SSSR count). The molecular formula is C14H11N5S. The van der Waals surface area contributed by atoms with Gasteiger partial charge in [0.15, 0.2) is 5.82 Å². The fourth-order valence-electron chi connectivity index (χ4n) is 2.18. The van der Waals surface area contributed by atoms with E-state index in [1.807, 2.05) is 6.20 Å². The maximum absolute atomic E-state index is 4.32. The third kappa shape index (κ3) is 2.04. The molecule has 2 N–H and O–H groups in total. The summed E-state index contributed by atoms with van der Waals surface area (Å²) in [5.41, 5.74) is 2.28. The molecule has 1 aliphatic rings. The van der Waals surface area contributed by atoms with Crippen molar-refractivity contribution in [2.75, 3.05) is 5.32 Å². The van der Waals surface area contributed by atoms with Gasteiger partial charge in [-0.2, -0.15) is 0 Å². The normalized spacial score (nSPS) is 12.4. The number of H-pyrrole nitrogens is 1. The largest absolute Gasteiger partial charge is 0.348 e. The van der Waals surface area contributed by atoms with Crippen LogP contribution in [0.15, 0.2) is 52.9 Å². The number of hydrogen-bond donors (Lipinski definition) is 2. The Kier molecular flexibility index (Phi) is 2.67. The highest BCUT2D eigenvalue weighted by Crippen LogP contribution is 2.42. The Morgan fingerprint density at radius 2 is 2.00 bits per heavy atom. The van der Waals surface area contributed by atoms with E-state index >= 15 is 0 Å². The monoisotopic (exact) mass is 281 g/mol. The SMILES string of the molecule is c1c[nH]c(Cc2ccc3c(c2)Nc2nccnc2S3)n1. The van der Waals surface area contributed by atoms with E-state index in [0.29, 0.717) is 0 Å². The van der Waals surface area contributed by atoms with E-state index in [2.05, 4.69) is 43.5 Å². The summed E-state index contributed by atoms with van der Waals surface area (Å²) >= 11 is 1.64. The number of hydrogen-bond acceptors (Lipinski definition) is 5. The summed E-state index contributed by atoms with van der Waals surface area (Å²) in [6, 6.07) is 6.38. The van der Waals surface area contributed by atoms with Gasteiger partial charge in [0.1, 0.15) is 10.9 Å². The summed E-state index contributed by atoms with van der Waals surface area (Å²) in [6.45, 7) is 0. The molecule has 1 aliphatic heterocycles. The second-order valence-electron chi connectivity index (χ2n) is 4.48. The van der Waals surface area contributed by atoms with E-state index in [1.165, 1.54) is 10.5 Å². The topological polar surface area (TPSA) is 66.5 Å². The lowest BCUT2D eigenvalue weighted by Crippen LogP contribution is -2.04. The third-order valence-corrected chi connectivity index (χ3v) is 4.16. The summed E-state index contributed by atoms with van der Waals surface area (Å²) in [5, 5.41) is 4.25. The second-order valence-corrected chi connectivity index (χ2v) is 5.51. The number of anilines is 2. The standard InChI is InChI=1S/C14H11N5S/c1-2-11-10(7-9(1)8-12-15-3-4-16-12)19-13-14(20-11)18-6-5-17-13/h1-7H,8H2,(H,15,16)(H,17,19). The minimum atomic E-state index is 0.792. The summed E-state index contributed by atoms with van der Waals surface area (Å²) in [5.74, 6) is 1.79. The zero-order valence-corrected chi connectivity index (χ0v) is 11.3. The molecule has 6 heteroatoms. The van der Waals surface area contributed by atoms with Crippen LogP contribution in [-0.4, -0.2) is 19.9 Å². The highest BCUT2D eigenvalue weighted by Gasteiger charge is 2.17. The second kappa shape index (κ2) is 4.64. The molecule has 0 saturated carbocycles. The molecule has 5 nitrogen and oxygen atoms in total. The Hall–Kier alpha value is -2.34. The fourth-order valence-corrected chi connectivity index (χ4v) is 3.06. The zero-order chi connectivity index (χ0) is 13.4. The van der Waals surface area contributed by atoms with E-state index in [0.717, 1.165) is 28.8 Å². The molecule has 0 saturated heterocycles. The first-order valence-electron chi connectivity index (χ1n) is 6.25. The molecule has 0 bridgehead atoms. The van der Waals surface area contributed by atoms with Gasteiger partial charge in [0.2, 0.25) is 0 Å². The van der Waals surface area contributed by atoms with E-state index in [9.17, 15) is 0 Å². The van der Waals surface area contributed by atoms with E-state index in [4.69, 9.17) is 0 Å². The predicted octanol–water partition coefficient (Wildman–Crippen LogP) is 3.00. The van der Waals surface area contributed by atoms with Crippen molar-refractivity contribution >= 4 is 23.3 Å². The molecular weight excluding hydrogens is 270 g/mol. The number of aromatic amines is 1. The van der Waals surface area contributed by atoms with Crippen LogP contribution in [0.25, 0.3) is 0 Å². The van der Waals surface area contributed by atoms with Gasteiger partial charge in [0.05, 0.1) is 5.69 Å². The molecule has 3 aromatic rings. The number of imidazole rings is 1. The summed E-state index contributed by atoms with van der Waals surface area (Å²) < 4.78 is 0. The van der Waals surface area contributed by atoms with Gasteiger partial charge in [-0.25, -0.2) is 15.0 Å². The number of rotatable bonds is 2. The molecule has 0 amide bonds. The van der Waals surface area contributed by atoms with Crippen molar-refractivity contribution in [2.24, 2.45) is 0 Å². The van der Waals surface area contributed by atoms with Crippen molar-refractivity contribution in [3.8, 4) is 0 Å². The number of nitrogens with zero attached hydrogens (tertiary/aromatic N) is 3. The van der Waals surface area contributed by atoms with Crippen LogP contribution in [0.3, 0.4) is 0 Å². The number of nitrogens with one attached hydrogen (secondary N) is 2. The van der Waals surface area contributed by atoms with Gasteiger partial charge < -0.3 is 10.3 Å². The molecule has 0 unspecified atom stereocenters. The molecule has 0 atom stereocenters. The van der Waals surface area contributed by atoms with Crippen LogP contribution in [-0.2, 0) is 6.42 Å². The van der Waals surface area contributed by atoms with Crippen molar-refractivity contribution in [3.63, 3.8) is 0 Å². The maximum Gasteiger partial charge on any atom is 0.163 e. The molecule has 2 aromatic heterocycles. The van der Waals surface area contributed by atoms with Crippen LogP contribution >= 0.6 is 11.8 Å². The third-order valence-electron chi connectivity index (χ3n) is 3.09. The van der Waals surface area contributed by atoms with Gasteiger partial charge in [-0.05, 0) is 17.7 Å². The minimum absolute atomic E-state index is 0.792. The highest BCUT2D eigenvalue weighted by atomic mass is 32.2. The van der Waals surface area contributed by atoms with Gasteiger partial charge in [0.25, 0.3) is 0 Å². The van der Waals surface area contributed by atoms with Crippen LogP contribution < -0.4 is 5.32 Å². The van der Waals surface area contributed by atoms with Crippen molar-refractivity contribution in [1.82, 2.24) is 19.9 Å². The summed E-state index contributed by atoms with van der Waals surface area (Å²) in [6.07, 6.45) is 7.81. The lowest BCUT2D eigenvalue weighted by Gasteiger charge is -2.19. The van der Waals surface area contributed by atoms with Crippen LogP contribution in [0.1, 0.15) is 11.4 Å². The number of benzene rings is 1. The van der Waals surface area contributed by atoms with Crippen molar-refractivity contribution in [2.45, 2.75) is 16.3 Å². The first-order valence-corrected chi connectivity index (χ1v) is 7.07. The van der Waals surface area contributed by atoms with E-state index < -0.39 is 0 Å². The van der Waals surface area contributed by atoms with Gasteiger partial charge in [-0.3, -0.25) is 0 Å². The number of aromatic nitrogens is 4. The Bertz CT molecular complexity index is 754. The molecule has 3 heterocycles. The van der Waals surface area contributed by atoms with Crippen LogP contribution in [0, 0.1) is 0 Å². The highest BCUT2D eigenvalue weighted by molar-refractivity contribution is 7.99. The van der Waals surface area contributed by atoms with Gasteiger partial charge in [-0.15, -0.1) is 0 Å². The maximum atomic E-state index is 4.32. The predicted molar refractivity (Wildman–Crippen MR) is 77.3 cm³/mol. The minimum Gasteiger partial charge on any atom is -0.348 e. The first-order chi connectivity index (χ1) is 9.88. The molecule has 0 aliphatic carbocycles. The molecule has 20 heavy (non-hydrogen) atoms. The molecule has 0 fully saturated rings. The first kappa shape index (κ1) is 11.5. The lowest BCUT2D eigenvalue weighted by molar-refractivity contribution is 1.02. The van der Waals surface area contributed by atoms with Crippen LogP contribution in [0.4, 0.5) is 11.5 Å². The zero-order valence-electron chi connectivity index (χ0n) is 10.5. The van der Waals surface area contributed by atoms with E-state index in [-0.39, 0.29) is 0 Å². The Balaban J connectivity index is 1.66. The average molecular weight is 281 g/mol. The summed E-state index contributed by atoms with van der Waals surface area (Å²) in [4.78, 5) is 17.2. The van der Waals surface area contributed by atoms with Crippen molar-refractivity contribution in [3.05, 3.63) is 54.4 Å². The van der Waals surface area contributed by atoms with Gasteiger partial charge in [-0.1, -0.05) is 17.8 Å². The average Bonchev–Trinajstić information content (AvgIpc) is 2.98. The lowest BCUT2D eigenvalue weighted by atomic mass is 10.1. The quantitative estimate of drug-likeness (QED) is 0.591. The molecule has 0 spiro atoms. The Morgan fingerprint density at radius 3 is 2.90 bits per heavy atom. The molecule has 0 radical (unpaired) electrons. The van der Waals surface area contributed by atoms with Crippen LogP contribution in [0.5, 0.6) is 0 Å². The fraction of sp³-hybridized carbons (Fsp3) is 0.0714.